The number of nitrogens with zero attached hydrogens (tertiary/aromatic N) is 1. The molecule has 0 aromatic heterocycles. The van der Waals surface area contributed by atoms with E-state index in [0.29, 0.717) is 11.6 Å². The number of piperidine rings is 1. The van der Waals surface area contributed by atoms with Crippen LogP contribution in [0.2, 0.25) is 0 Å². The highest BCUT2D eigenvalue weighted by molar-refractivity contribution is 5.89. The summed E-state index contributed by atoms with van der Waals surface area (Å²) >= 11 is 0. The molecule has 0 aliphatic carbocycles. The lowest BCUT2D eigenvalue weighted by Gasteiger charge is -2.37. The van der Waals surface area contributed by atoms with Crippen LogP contribution in [0, 0.1) is 0 Å². The predicted molar refractivity (Wildman–Crippen MR) is 90.1 cm³/mol. The highest BCUT2D eigenvalue weighted by Gasteiger charge is 2.25. The standard InChI is InChI=1S/C19H29NO2/c1-3-4-13-20-14-9-8-12-18(20)15-16(2)22-19(21)17-10-6-5-7-11-17/h5-7,10-11,16,18H,3-4,8-9,12-15H2,1-2H3. The summed E-state index contributed by atoms with van der Waals surface area (Å²) in [7, 11) is 0. The van der Waals surface area contributed by atoms with E-state index in [1.807, 2.05) is 37.3 Å². The fourth-order valence-electron chi connectivity index (χ4n) is 3.24. The first kappa shape index (κ1) is 17.0. The second kappa shape index (κ2) is 8.94. The second-order valence-corrected chi connectivity index (χ2v) is 6.36. The van der Waals surface area contributed by atoms with E-state index in [-0.39, 0.29) is 12.1 Å². The van der Waals surface area contributed by atoms with Crippen LogP contribution in [0.25, 0.3) is 0 Å². The first-order chi connectivity index (χ1) is 10.7. The number of likely N-dealkylation sites (tertiary alicyclic amines) is 1. The van der Waals surface area contributed by atoms with Crippen molar-refractivity contribution in [3.63, 3.8) is 0 Å². The van der Waals surface area contributed by atoms with Crippen LogP contribution >= 0.6 is 0 Å². The number of hydrogen-bond acceptors (Lipinski definition) is 3. The lowest BCUT2D eigenvalue weighted by molar-refractivity contribution is 0.0209. The first-order valence-corrected chi connectivity index (χ1v) is 8.70. The fraction of sp³-hybridized carbons (Fsp3) is 0.632. The molecular formula is C19H29NO2. The monoisotopic (exact) mass is 303 g/mol. The van der Waals surface area contributed by atoms with E-state index in [9.17, 15) is 4.79 Å². The third-order valence-corrected chi connectivity index (χ3v) is 4.47. The zero-order valence-electron chi connectivity index (χ0n) is 14.0. The Morgan fingerprint density at radius 3 is 2.82 bits per heavy atom. The number of esters is 1. The topological polar surface area (TPSA) is 29.5 Å². The Labute approximate surface area is 134 Å². The average molecular weight is 303 g/mol. The van der Waals surface area contributed by atoms with Crippen molar-refractivity contribution >= 4 is 5.97 Å². The van der Waals surface area contributed by atoms with Gasteiger partial charge in [0, 0.05) is 6.04 Å². The molecule has 122 valence electrons. The van der Waals surface area contributed by atoms with Crippen molar-refractivity contribution in [3.8, 4) is 0 Å². The van der Waals surface area contributed by atoms with E-state index in [1.165, 1.54) is 45.2 Å². The third-order valence-electron chi connectivity index (χ3n) is 4.47. The predicted octanol–water partition coefficient (Wildman–Crippen LogP) is 4.28. The van der Waals surface area contributed by atoms with Crippen LogP contribution in [0.3, 0.4) is 0 Å². The van der Waals surface area contributed by atoms with Gasteiger partial charge in [-0.15, -0.1) is 0 Å². The van der Waals surface area contributed by atoms with Gasteiger partial charge in [0.25, 0.3) is 0 Å². The summed E-state index contributed by atoms with van der Waals surface area (Å²) < 4.78 is 5.63. The summed E-state index contributed by atoms with van der Waals surface area (Å²) in [6, 6.07) is 9.84. The van der Waals surface area contributed by atoms with Crippen molar-refractivity contribution in [2.45, 2.75) is 64.5 Å². The quantitative estimate of drug-likeness (QED) is 0.704. The van der Waals surface area contributed by atoms with Gasteiger partial charge in [-0.05, 0) is 57.8 Å². The summed E-state index contributed by atoms with van der Waals surface area (Å²) in [6.07, 6.45) is 7.25. The summed E-state index contributed by atoms with van der Waals surface area (Å²) in [6.45, 7) is 6.64. The molecule has 22 heavy (non-hydrogen) atoms. The molecule has 2 unspecified atom stereocenters. The molecule has 1 aliphatic rings. The highest BCUT2D eigenvalue weighted by Crippen LogP contribution is 2.22. The molecule has 3 nitrogen and oxygen atoms in total. The minimum absolute atomic E-state index is 0.0278. The lowest BCUT2D eigenvalue weighted by Crippen LogP contribution is -2.42. The molecule has 0 saturated carbocycles. The van der Waals surface area contributed by atoms with E-state index in [2.05, 4.69) is 11.8 Å². The molecule has 3 heteroatoms. The van der Waals surface area contributed by atoms with Gasteiger partial charge in [0.15, 0.2) is 0 Å². The van der Waals surface area contributed by atoms with Crippen LogP contribution in [0.5, 0.6) is 0 Å². The van der Waals surface area contributed by atoms with E-state index >= 15 is 0 Å². The van der Waals surface area contributed by atoms with E-state index in [1.54, 1.807) is 0 Å². The maximum Gasteiger partial charge on any atom is 0.338 e. The molecule has 1 heterocycles. The number of ether oxygens (including phenoxy) is 1. The summed E-state index contributed by atoms with van der Waals surface area (Å²) in [5, 5.41) is 0. The number of carbonyl (C=O) groups is 1. The van der Waals surface area contributed by atoms with Gasteiger partial charge in [-0.25, -0.2) is 4.79 Å². The molecular weight excluding hydrogens is 274 g/mol. The molecule has 1 saturated heterocycles. The number of benzene rings is 1. The van der Waals surface area contributed by atoms with E-state index in [4.69, 9.17) is 4.74 Å². The van der Waals surface area contributed by atoms with Crippen molar-refractivity contribution < 1.29 is 9.53 Å². The van der Waals surface area contributed by atoms with Crippen molar-refractivity contribution in [3.05, 3.63) is 35.9 Å². The largest absolute Gasteiger partial charge is 0.459 e. The molecule has 1 aliphatic heterocycles. The number of unbranched alkanes of at least 4 members (excludes halogenated alkanes) is 1. The maximum absolute atomic E-state index is 12.1. The van der Waals surface area contributed by atoms with Gasteiger partial charge in [-0.1, -0.05) is 38.0 Å². The van der Waals surface area contributed by atoms with Crippen LogP contribution in [-0.2, 0) is 4.74 Å². The minimum atomic E-state index is -0.205. The van der Waals surface area contributed by atoms with Gasteiger partial charge in [0.05, 0.1) is 5.56 Å². The first-order valence-electron chi connectivity index (χ1n) is 8.70. The normalized spacial score (nSPS) is 20.5. The number of rotatable bonds is 7. The Morgan fingerprint density at radius 2 is 2.09 bits per heavy atom. The highest BCUT2D eigenvalue weighted by atomic mass is 16.5. The molecule has 0 radical (unpaired) electrons. The molecule has 2 rings (SSSR count). The van der Waals surface area contributed by atoms with Gasteiger partial charge >= 0.3 is 5.97 Å². The average Bonchev–Trinajstić information content (AvgIpc) is 2.54. The second-order valence-electron chi connectivity index (χ2n) is 6.36. The molecule has 1 aromatic carbocycles. The Hall–Kier alpha value is -1.35. The van der Waals surface area contributed by atoms with Gasteiger partial charge < -0.3 is 9.64 Å². The van der Waals surface area contributed by atoms with Crippen LogP contribution in [0.15, 0.2) is 30.3 Å². The summed E-state index contributed by atoms with van der Waals surface area (Å²) in [5.74, 6) is -0.205. The van der Waals surface area contributed by atoms with E-state index in [0.717, 1.165) is 6.42 Å². The van der Waals surface area contributed by atoms with Crippen LogP contribution < -0.4 is 0 Å². The van der Waals surface area contributed by atoms with Crippen LogP contribution in [0.1, 0.15) is 62.7 Å². The Balaban J connectivity index is 1.84. The van der Waals surface area contributed by atoms with Crippen LogP contribution in [-0.4, -0.2) is 36.1 Å². The molecule has 0 N–H and O–H groups in total. The van der Waals surface area contributed by atoms with Crippen LogP contribution in [0.4, 0.5) is 0 Å². The molecule has 0 bridgehead atoms. The number of hydrogen-bond donors (Lipinski definition) is 0. The zero-order valence-corrected chi connectivity index (χ0v) is 14.0. The van der Waals surface area contributed by atoms with Gasteiger partial charge in [-0.2, -0.15) is 0 Å². The van der Waals surface area contributed by atoms with Crippen molar-refractivity contribution in [2.24, 2.45) is 0 Å². The molecule has 0 spiro atoms. The van der Waals surface area contributed by atoms with E-state index < -0.39 is 0 Å². The van der Waals surface area contributed by atoms with Crippen molar-refractivity contribution in [2.75, 3.05) is 13.1 Å². The Bertz CT molecular complexity index is 446. The smallest absolute Gasteiger partial charge is 0.338 e. The minimum Gasteiger partial charge on any atom is -0.459 e. The third kappa shape index (κ3) is 5.13. The maximum atomic E-state index is 12.1. The zero-order chi connectivity index (χ0) is 15.8. The molecule has 1 aromatic rings. The van der Waals surface area contributed by atoms with Crippen molar-refractivity contribution in [1.29, 1.82) is 0 Å². The lowest BCUT2D eigenvalue weighted by atomic mass is 9.97. The fourth-order valence-corrected chi connectivity index (χ4v) is 3.24. The SMILES string of the molecule is CCCCN1CCCCC1CC(C)OC(=O)c1ccccc1. The summed E-state index contributed by atoms with van der Waals surface area (Å²) in [4.78, 5) is 14.7. The van der Waals surface area contributed by atoms with Crippen molar-refractivity contribution in [1.82, 2.24) is 4.90 Å². The number of carbonyl (C=O) groups excluding carboxylic acids is 1. The van der Waals surface area contributed by atoms with Gasteiger partial charge in [0.2, 0.25) is 0 Å². The van der Waals surface area contributed by atoms with Gasteiger partial charge in [0.1, 0.15) is 6.10 Å². The molecule has 1 fully saturated rings. The summed E-state index contributed by atoms with van der Waals surface area (Å²) in [5.41, 5.74) is 0.640. The Kier molecular flexibility index (Phi) is 6.91. The molecule has 0 amide bonds. The Morgan fingerprint density at radius 1 is 1.32 bits per heavy atom. The molecule has 2 atom stereocenters. The van der Waals surface area contributed by atoms with Gasteiger partial charge in [-0.3, -0.25) is 0 Å².